The normalized spacial score (nSPS) is 22.0. The Bertz CT molecular complexity index is 782. The molecular formula is C25H39F3N4O2S. The first kappa shape index (κ1) is 28.1. The molecule has 0 unspecified atom stereocenters. The molecule has 0 aromatic carbocycles. The first-order chi connectivity index (χ1) is 16.9. The van der Waals surface area contributed by atoms with E-state index in [1.54, 1.807) is 0 Å². The number of alkyl halides is 3. The van der Waals surface area contributed by atoms with Crippen molar-refractivity contribution in [2.24, 2.45) is 5.92 Å². The number of aromatic nitrogens is 1. The minimum atomic E-state index is -4.33. The monoisotopic (exact) mass is 516 g/mol. The van der Waals surface area contributed by atoms with E-state index in [1.165, 1.54) is 49.7 Å². The zero-order valence-corrected chi connectivity index (χ0v) is 21.5. The summed E-state index contributed by atoms with van der Waals surface area (Å²) in [5.74, 6) is 0.751. The predicted octanol–water partition coefficient (Wildman–Crippen LogP) is 5.37. The van der Waals surface area contributed by atoms with E-state index in [4.69, 9.17) is 14.9 Å². The Hall–Kier alpha value is -1.49. The second kappa shape index (κ2) is 14.3. The molecule has 0 saturated heterocycles. The zero-order valence-electron chi connectivity index (χ0n) is 20.7. The summed E-state index contributed by atoms with van der Waals surface area (Å²) in [5.41, 5.74) is 1.93. The van der Waals surface area contributed by atoms with E-state index in [-0.39, 0.29) is 5.19 Å². The summed E-state index contributed by atoms with van der Waals surface area (Å²) in [6.07, 6.45) is 8.50. The van der Waals surface area contributed by atoms with Gasteiger partial charge in [-0.2, -0.15) is 13.2 Å². The number of nitrogens with zero attached hydrogens (tertiary/aromatic N) is 2. The van der Waals surface area contributed by atoms with Crippen molar-refractivity contribution < 1.29 is 22.6 Å². The van der Waals surface area contributed by atoms with Crippen LogP contribution in [-0.2, 0) is 17.6 Å². The maximum atomic E-state index is 12.4. The first-order valence-corrected chi connectivity index (χ1v) is 13.6. The summed E-state index contributed by atoms with van der Waals surface area (Å²) in [6.45, 7) is 4.90. The highest BCUT2D eigenvalue weighted by Crippen LogP contribution is 2.31. The maximum Gasteiger partial charge on any atom is 0.422 e. The molecule has 0 bridgehead atoms. The Kier molecular flexibility index (Phi) is 11.5. The molecule has 6 nitrogen and oxygen atoms in total. The highest BCUT2D eigenvalue weighted by molar-refractivity contribution is 7.13. The van der Waals surface area contributed by atoms with E-state index >= 15 is 0 Å². The third kappa shape index (κ3) is 10.2. The van der Waals surface area contributed by atoms with Crippen LogP contribution in [0.1, 0.15) is 62.4 Å². The molecule has 0 atom stereocenters. The van der Waals surface area contributed by atoms with Crippen LogP contribution in [-0.4, -0.2) is 67.9 Å². The van der Waals surface area contributed by atoms with Crippen molar-refractivity contribution >= 4 is 17.6 Å². The lowest BCUT2D eigenvalue weighted by atomic mass is 9.84. The van der Waals surface area contributed by atoms with E-state index < -0.39 is 12.8 Å². The molecule has 35 heavy (non-hydrogen) atoms. The van der Waals surface area contributed by atoms with E-state index in [2.05, 4.69) is 28.2 Å². The highest BCUT2D eigenvalue weighted by atomic mass is 32.1. The van der Waals surface area contributed by atoms with Gasteiger partial charge in [0.15, 0.2) is 6.61 Å². The summed E-state index contributed by atoms with van der Waals surface area (Å²) < 4.78 is 47.7. The minimum Gasteiger partial charge on any atom is -0.460 e. The van der Waals surface area contributed by atoms with E-state index in [0.29, 0.717) is 19.4 Å². The molecule has 0 amide bonds. The highest BCUT2D eigenvalue weighted by Gasteiger charge is 2.30. The lowest BCUT2D eigenvalue weighted by Crippen LogP contribution is -2.36. The number of allylic oxidation sites excluding steroid dienone is 1. The van der Waals surface area contributed by atoms with Crippen molar-refractivity contribution in [3.8, 4) is 5.19 Å². The SMILES string of the molecule is CC/C=C(\C=N)CCOCNC1CCC(CCN2CCc3nc(OCC(F)(F)F)sc3CC2)CC1. The van der Waals surface area contributed by atoms with Crippen molar-refractivity contribution in [1.82, 2.24) is 15.2 Å². The number of hydrogen-bond donors (Lipinski definition) is 2. The predicted molar refractivity (Wildman–Crippen MR) is 134 cm³/mol. The van der Waals surface area contributed by atoms with Crippen LogP contribution in [0.25, 0.3) is 0 Å². The number of nitrogens with one attached hydrogen (secondary N) is 2. The average Bonchev–Trinajstić information content (AvgIpc) is 3.14. The van der Waals surface area contributed by atoms with Gasteiger partial charge >= 0.3 is 6.18 Å². The number of ether oxygens (including phenoxy) is 2. The quantitative estimate of drug-likeness (QED) is 0.209. The van der Waals surface area contributed by atoms with Crippen molar-refractivity contribution in [3.05, 3.63) is 22.2 Å². The Balaban J connectivity index is 1.27. The van der Waals surface area contributed by atoms with Crippen LogP contribution in [0.5, 0.6) is 5.19 Å². The molecule has 1 aliphatic heterocycles. The Labute approximate surface area is 210 Å². The third-order valence-electron chi connectivity index (χ3n) is 6.80. The molecule has 2 aliphatic rings. The van der Waals surface area contributed by atoms with Crippen molar-refractivity contribution in [2.75, 3.05) is 39.6 Å². The van der Waals surface area contributed by atoms with Gasteiger partial charge in [0.05, 0.1) is 19.0 Å². The summed E-state index contributed by atoms with van der Waals surface area (Å²) in [4.78, 5) is 7.84. The van der Waals surface area contributed by atoms with E-state index in [1.807, 2.05) is 0 Å². The van der Waals surface area contributed by atoms with E-state index in [9.17, 15) is 13.2 Å². The number of rotatable bonds is 13. The molecule has 1 aliphatic carbocycles. The van der Waals surface area contributed by atoms with Gasteiger partial charge < -0.3 is 19.8 Å². The molecule has 0 radical (unpaired) electrons. The molecule has 10 heteroatoms. The van der Waals surface area contributed by atoms with Crippen LogP contribution in [0, 0.1) is 11.3 Å². The topological polar surface area (TPSA) is 70.5 Å². The second-order valence-corrected chi connectivity index (χ2v) is 10.5. The number of thiazole rings is 1. The number of hydrogen-bond acceptors (Lipinski definition) is 7. The van der Waals surface area contributed by atoms with Crippen molar-refractivity contribution in [2.45, 2.75) is 76.9 Å². The smallest absolute Gasteiger partial charge is 0.422 e. The van der Waals surface area contributed by atoms with Gasteiger partial charge in [0.25, 0.3) is 5.19 Å². The van der Waals surface area contributed by atoms with Gasteiger partial charge in [0.2, 0.25) is 0 Å². The molecule has 1 saturated carbocycles. The van der Waals surface area contributed by atoms with Crippen LogP contribution in [0.3, 0.4) is 0 Å². The van der Waals surface area contributed by atoms with Gasteiger partial charge in [-0.05, 0) is 69.4 Å². The number of fused-ring (bicyclic) bond motifs is 1. The maximum absolute atomic E-state index is 12.4. The van der Waals surface area contributed by atoms with Gasteiger partial charge in [0.1, 0.15) is 0 Å². The molecule has 1 fully saturated rings. The molecule has 2 N–H and O–H groups in total. The minimum absolute atomic E-state index is 0.140. The van der Waals surface area contributed by atoms with Gasteiger partial charge in [-0.1, -0.05) is 24.3 Å². The van der Waals surface area contributed by atoms with Gasteiger partial charge in [-0.25, -0.2) is 4.98 Å². The Morgan fingerprint density at radius 3 is 2.71 bits per heavy atom. The second-order valence-electron chi connectivity index (χ2n) is 9.44. The van der Waals surface area contributed by atoms with Gasteiger partial charge in [-0.3, -0.25) is 5.32 Å². The van der Waals surface area contributed by atoms with Crippen LogP contribution in [0.4, 0.5) is 13.2 Å². The Morgan fingerprint density at radius 1 is 1.23 bits per heavy atom. The van der Waals surface area contributed by atoms with Gasteiger partial charge in [0, 0.05) is 36.6 Å². The summed E-state index contributed by atoms with van der Waals surface area (Å²) in [5, 5.41) is 11.1. The average molecular weight is 517 g/mol. The largest absolute Gasteiger partial charge is 0.460 e. The Morgan fingerprint density at radius 2 is 2.00 bits per heavy atom. The standard InChI is InChI=1S/C25H39F3N4O2S/c1-2-3-20(16-29)11-15-33-18-30-21-6-4-19(5-7-21)8-12-32-13-9-22-23(10-14-32)35-24(31-22)34-17-25(26,27)28/h3,16,19,21,29-30H,2,4-15,17-18H2,1H3/b20-3-,29-16?. The lowest BCUT2D eigenvalue weighted by molar-refractivity contribution is -0.153. The van der Waals surface area contributed by atoms with Crippen molar-refractivity contribution in [1.29, 1.82) is 5.41 Å². The summed E-state index contributed by atoms with van der Waals surface area (Å²) in [7, 11) is 0. The van der Waals surface area contributed by atoms with Gasteiger partial charge in [-0.15, -0.1) is 0 Å². The van der Waals surface area contributed by atoms with Crippen LogP contribution in [0.2, 0.25) is 0 Å². The van der Waals surface area contributed by atoms with E-state index in [0.717, 1.165) is 67.4 Å². The van der Waals surface area contributed by atoms with Crippen LogP contribution >= 0.6 is 11.3 Å². The first-order valence-electron chi connectivity index (χ1n) is 12.8. The fourth-order valence-electron chi connectivity index (χ4n) is 4.77. The number of halogens is 3. The van der Waals surface area contributed by atoms with Crippen molar-refractivity contribution in [3.63, 3.8) is 0 Å². The fourth-order valence-corrected chi connectivity index (χ4v) is 5.71. The van der Waals surface area contributed by atoms with Crippen LogP contribution < -0.4 is 10.1 Å². The molecule has 2 heterocycles. The molecule has 1 aromatic rings. The summed E-state index contributed by atoms with van der Waals surface area (Å²) in [6, 6.07) is 0.522. The zero-order chi connectivity index (χ0) is 25.1. The molecule has 198 valence electrons. The molecule has 1 aromatic heterocycles. The molecular weight excluding hydrogens is 477 g/mol. The third-order valence-corrected chi connectivity index (χ3v) is 7.87. The van der Waals surface area contributed by atoms with Crippen LogP contribution in [0.15, 0.2) is 11.6 Å². The lowest BCUT2D eigenvalue weighted by Gasteiger charge is -2.30. The fraction of sp³-hybridized carbons (Fsp3) is 0.760. The molecule has 0 spiro atoms. The molecule has 3 rings (SSSR count). The summed E-state index contributed by atoms with van der Waals surface area (Å²) >= 11 is 1.26.